The van der Waals surface area contributed by atoms with Gasteiger partial charge in [0.2, 0.25) is 11.7 Å². The van der Waals surface area contributed by atoms with Gasteiger partial charge >= 0.3 is 0 Å². The number of nitrogens with zero attached hydrogens (tertiary/aromatic N) is 1. The zero-order valence-corrected chi connectivity index (χ0v) is 23.0. The van der Waals surface area contributed by atoms with Crippen LogP contribution in [-0.2, 0) is 14.3 Å². The largest absolute Gasteiger partial charge is 0.493 e. The lowest BCUT2D eigenvalue weighted by Gasteiger charge is -2.38. The molecule has 1 aliphatic heterocycles. The topological polar surface area (TPSA) is 98.4 Å². The number of Topliss-reactive ketones (excluding diaryl/α,β-unsaturated/α-hetero) is 1. The summed E-state index contributed by atoms with van der Waals surface area (Å²) in [5.41, 5.74) is 3.59. The van der Waals surface area contributed by atoms with Crippen LogP contribution in [0.5, 0.6) is 17.2 Å². The van der Waals surface area contributed by atoms with E-state index >= 15 is 0 Å². The van der Waals surface area contributed by atoms with Crippen LogP contribution >= 0.6 is 0 Å². The number of anilines is 2. The Bertz CT molecular complexity index is 1240. The average Bonchev–Trinajstić information content (AvgIpc) is 3.01. The number of hydrogen-bond donors (Lipinski definition) is 2. The van der Waals surface area contributed by atoms with Crippen LogP contribution in [0.25, 0.3) is 0 Å². The maximum Gasteiger partial charge on any atom is 0.239 e. The molecule has 9 nitrogen and oxygen atoms in total. The number of amides is 1. The molecule has 38 heavy (non-hydrogen) atoms. The maximum atomic E-state index is 13.9. The molecule has 2 N–H and O–H groups in total. The Morgan fingerprint density at radius 3 is 2.45 bits per heavy atom. The van der Waals surface area contributed by atoms with E-state index in [1.807, 2.05) is 35.2 Å². The van der Waals surface area contributed by atoms with Gasteiger partial charge in [0.05, 0.1) is 51.9 Å². The van der Waals surface area contributed by atoms with Crippen LogP contribution in [0, 0.1) is 5.41 Å². The molecule has 0 aromatic heterocycles. The lowest BCUT2D eigenvalue weighted by molar-refractivity contribution is -0.121. The second-order valence-corrected chi connectivity index (χ2v) is 10.3. The summed E-state index contributed by atoms with van der Waals surface area (Å²) in [4.78, 5) is 29.1. The molecule has 1 heterocycles. The highest BCUT2D eigenvalue weighted by atomic mass is 16.5. The van der Waals surface area contributed by atoms with E-state index in [-0.39, 0.29) is 23.7 Å². The van der Waals surface area contributed by atoms with E-state index in [1.54, 1.807) is 34.5 Å². The number of nitrogens with one attached hydrogen (secondary N) is 2. The van der Waals surface area contributed by atoms with Gasteiger partial charge in [-0.3, -0.25) is 9.59 Å². The van der Waals surface area contributed by atoms with Crippen LogP contribution in [0.1, 0.15) is 38.3 Å². The van der Waals surface area contributed by atoms with Crippen LogP contribution in [0.2, 0.25) is 0 Å². The lowest BCUT2D eigenvalue weighted by atomic mass is 9.73. The van der Waals surface area contributed by atoms with Gasteiger partial charge in [-0.2, -0.15) is 0 Å². The minimum absolute atomic E-state index is 0.0119. The van der Waals surface area contributed by atoms with Gasteiger partial charge in [-0.25, -0.2) is 0 Å². The molecular weight excluding hydrogens is 486 g/mol. The molecular formula is C29H37N3O6. The number of fused-ring (bicyclic) bond motifs is 1. The van der Waals surface area contributed by atoms with Gasteiger partial charge in [0.1, 0.15) is 0 Å². The summed E-state index contributed by atoms with van der Waals surface area (Å²) in [6, 6.07) is 10.9. The number of rotatable bonds is 9. The first-order valence-electron chi connectivity index (χ1n) is 12.7. The van der Waals surface area contributed by atoms with Crippen molar-refractivity contribution in [3.05, 3.63) is 53.2 Å². The standard InChI is InChI=1S/C29H37N3O6/c1-29(2)15-20-25(22(33)16-29)26(18-11-12-23(36-4)28(38-6)27(18)37-5)32(17-24(34)30-13-14-35-3)21-10-8-7-9-19(21)31-20/h7-12,26,31H,13-17H2,1-6H3,(H,30,34). The molecule has 0 spiro atoms. The molecule has 0 saturated heterocycles. The van der Waals surface area contributed by atoms with Crippen molar-refractivity contribution in [1.29, 1.82) is 0 Å². The van der Waals surface area contributed by atoms with Crippen molar-refractivity contribution in [2.24, 2.45) is 5.41 Å². The fourth-order valence-corrected chi connectivity index (χ4v) is 5.39. The summed E-state index contributed by atoms with van der Waals surface area (Å²) in [7, 11) is 6.26. The molecule has 1 unspecified atom stereocenters. The van der Waals surface area contributed by atoms with Gasteiger partial charge in [0.15, 0.2) is 17.3 Å². The van der Waals surface area contributed by atoms with Crippen molar-refractivity contribution < 1.29 is 28.5 Å². The molecule has 2 aromatic rings. The highest BCUT2D eigenvalue weighted by Crippen LogP contribution is 2.52. The van der Waals surface area contributed by atoms with Gasteiger partial charge in [0, 0.05) is 36.9 Å². The SMILES string of the molecule is COCCNC(=O)CN1c2ccccc2NC2=C(C(=O)CC(C)(C)C2)C1c1ccc(OC)c(OC)c1OC. The minimum Gasteiger partial charge on any atom is -0.493 e. The third-order valence-electron chi connectivity index (χ3n) is 6.98. The van der Waals surface area contributed by atoms with Crippen molar-refractivity contribution in [1.82, 2.24) is 5.32 Å². The number of benzene rings is 2. The predicted molar refractivity (Wildman–Crippen MR) is 146 cm³/mol. The monoisotopic (exact) mass is 523 g/mol. The van der Waals surface area contributed by atoms with Gasteiger partial charge in [-0.15, -0.1) is 0 Å². The summed E-state index contributed by atoms with van der Waals surface area (Å²) in [6.07, 6.45) is 1.08. The van der Waals surface area contributed by atoms with Crippen molar-refractivity contribution in [3.8, 4) is 17.2 Å². The molecule has 9 heteroatoms. The van der Waals surface area contributed by atoms with E-state index in [2.05, 4.69) is 24.5 Å². The molecule has 0 fully saturated rings. The van der Waals surface area contributed by atoms with E-state index < -0.39 is 6.04 Å². The summed E-state index contributed by atoms with van der Waals surface area (Å²) >= 11 is 0. The zero-order chi connectivity index (χ0) is 27.4. The number of hydrogen-bond acceptors (Lipinski definition) is 8. The molecule has 1 amide bonds. The van der Waals surface area contributed by atoms with Crippen LogP contribution in [0.3, 0.4) is 0 Å². The third kappa shape index (κ3) is 5.29. The fourth-order valence-electron chi connectivity index (χ4n) is 5.39. The Hall–Kier alpha value is -3.72. The third-order valence-corrected chi connectivity index (χ3v) is 6.98. The number of allylic oxidation sites excluding steroid dienone is 1. The molecule has 4 rings (SSSR count). The minimum atomic E-state index is -0.618. The van der Waals surface area contributed by atoms with Crippen LogP contribution in [0.4, 0.5) is 11.4 Å². The Morgan fingerprint density at radius 1 is 1.03 bits per heavy atom. The summed E-state index contributed by atoms with van der Waals surface area (Å²) < 4.78 is 22.2. The van der Waals surface area contributed by atoms with E-state index in [4.69, 9.17) is 18.9 Å². The fraction of sp³-hybridized carbons (Fsp3) is 0.448. The van der Waals surface area contributed by atoms with E-state index in [0.717, 1.165) is 17.1 Å². The Kier molecular flexibility index (Phi) is 8.16. The molecule has 0 saturated carbocycles. The Balaban J connectivity index is 1.97. The summed E-state index contributed by atoms with van der Waals surface area (Å²) in [6.45, 7) is 4.99. The molecule has 1 aliphatic carbocycles. The van der Waals surface area contributed by atoms with Crippen molar-refractivity contribution in [2.75, 3.05) is 58.4 Å². The van der Waals surface area contributed by atoms with Crippen molar-refractivity contribution >= 4 is 23.1 Å². The number of carbonyl (C=O) groups excluding carboxylic acids is 2. The van der Waals surface area contributed by atoms with E-state index in [9.17, 15) is 9.59 Å². The highest BCUT2D eigenvalue weighted by Gasteiger charge is 2.43. The molecule has 1 atom stereocenters. The zero-order valence-electron chi connectivity index (χ0n) is 23.0. The maximum absolute atomic E-state index is 13.9. The van der Waals surface area contributed by atoms with E-state index in [0.29, 0.717) is 54.4 Å². The number of ketones is 1. The second-order valence-electron chi connectivity index (χ2n) is 10.3. The molecule has 2 aromatic carbocycles. The Morgan fingerprint density at radius 2 is 1.76 bits per heavy atom. The Labute approximate surface area is 224 Å². The number of ether oxygens (including phenoxy) is 4. The van der Waals surface area contributed by atoms with Crippen LogP contribution in [-0.4, -0.2) is 59.8 Å². The highest BCUT2D eigenvalue weighted by molar-refractivity contribution is 6.02. The number of methoxy groups -OCH3 is 4. The van der Waals surface area contributed by atoms with E-state index in [1.165, 1.54) is 0 Å². The molecule has 0 radical (unpaired) electrons. The van der Waals surface area contributed by atoms with Crippen molar-refractivity contribution in [2.45, 2.75) is 32.7 Å². The quantitative estimate of drug-likeness (QED) is 0.475. The average molecular weight is 524 g/mol. The molecule has 2 aliphatic rings. The predicted octanol–water partition coefficient (Wildman–Crippen LogP) is 4.09. The molecule has 0 bridgehead atoms. The van der Waals surface area contributed by atoms with Crippen LogP contribution < -0.4 is 29.7 Å². The first kappa shape index (κ1) is 27.3. The van der Waals surface area contributed by atoms with Crippen molar-refractivity contribution in [3.63, 3.8) is 0 Å². The van der Waals surface area contributed by atoms with Gasteiger partial charge in [0.25, 0.3) is 0 Å². The summed E-state index contributed by atoms with van der Waals surface area (Å²) in [5, 5.41) is 6.48. The van der Waals surface area contributed by atoms with Gasteiger partial charge in [-0.1, -0.05) is 26.0 Å². The normalized spacial score (nSPS) is 18.1. The van der Waals surface area contributed by atoms with Crippen LogP contribution in [0.15, 0.2) is 47.7 Å². The lowest BCUT2D eigenvalue weighted by Crippen LogP contribution is -2.42. The molecule has 204 valence electrons. The first-order valence-corrected chi connectivity index (χ1v) is 12.7. The smallest absolute Gasteiger partial charge is 0.239 e. The van der Waals surface area contributed by atoms with Gasteiger partial charge in [-0.05, 0) is 36.1 Å². The number of carbonyl (C=O) groups is 2. The second kappa shape index (κ2) is 11.3. The first-order chi connectivity index (χ1) is 18.2. The van der Waals surface area contributed by atoms with Gasteiger partial charge < -0.3 is 34.5 Å². The number of para-hydroxylation sites is 2. The summed E-state index contributed by atoms with van der Waals surface area (Å²) in [5.74, 6) is 1.23.